The zero-order chi connectivity index (χ0) is 14.7. The molecule has 21 heavy (non-hydrogen) atoms. The van der Waals surface area contributed by atoms with Gasteiger partial charge in [-0.25, -0.2) is 0 Å². The van der Waals surface area contributed by atoms with Crippen molar-refractivity contribution in [3.63, 3.8) is 0 Å². The Labute approximate surface area is 129 Å². The SMILES string of the molecule is COc1ccc(Cl)cc1NCC1OCCc2ccccc21. The summed E-state index contributed by atoms with van der Waals surface area (Å²) in [6, 6.07) is 14.0. The van der Waals surface area contributed by atoms with Crippen LogP contribution in [0.3, 0.4) is 0 Å². The lowest BCUT2D eigenvalue weighted by molar-refractivity contribution is 0.0513. The molecule has 0 aromatic heterocycles. The molecule has 0 amide bonds. The zero-order valence-corrected chi connectivity index (χ0v) is 12.7. The summed E-state index contributed by atoms with van der Waals surface area (Å²) >= 11 is 6.05. The Kier molecular flexibility index (Phi) is 4.32. The lowest BCUT2D eigenvalue weighted by Crippen LogP contribution is -2.22. The molecule has 0 saturated carbocycles. The van der Waals surface area contributed by atoms with E-state index in [0.717, 1.165) is 24.5 Å². The molecule has 0 spiro atoms. The Bertz CT molecular complexity index is 630. The predicted molar refractivity (Wildman–Crippen MR) is 85.3 cm³/mol. The summed E-state index contributed by atoms with van der Waals surface area (Å²) in [4.78, 5) is 0. The summed E-state index contributed by atoms with van der Waals surface area (Å²) in [6.45, 7) is 1.45. The van der Waals surface area contributed by atoms with Crippen LogP contribution >= 0.6 is 11.6 Å². The maximum absolute atomic E-state index is 6.05. The molecular weight excluding hydrogens is 286 g/mol. The van der Waals surface area contributed by atoms with Gasteiger partial charge in [-0.15, -0.1) is 0 Å². The average molecular weight is 304 g/mol. The second-order valence-electron chi connectivity index (χ2n) is 5.03. The highest BCUT2D eigenvalue weighted by atomic mass is 35.5. The maximum atomic E-state index is 6.05. The molecule has 0 saturated heterocycles. The number of hydrogen-bond donors (Lipinski definition) is 1. The Morgan fingerprint density at radius 1 is 1.29 bits per heavy atom. The largest absolute Gasteiger partial charge is 0.495 e. The van der Waals surface area contributed by atoms with Crippen LogP contribution in [0, 0.1) is 0 Å². The van der Waals surface area contributed by atoms with Gasteiger partial charge < -0.3 is 14.8 Å². The lowest BCUT2D eigenvalue weighted by atomic mass is 9.97. The third-order valence-electron chi connectivity index (χ3n) is 3.73. The van der Waals surface area contributed by atoms with E-state index >= 15 is 0 Å². The van der Waals surface area contributed by atoms with E-state index in [1.165, 1.54) is 11.1 Å². The minimum atomic E-state index is 0.0543. The van der Waals surface area contributed by atoms with Gasteiger partial charge in [-0.3, -0.25) is 0 Å². The summed E-state index contributed by atoms with van der Waals surface area (Å²) in [5, 5.41) is 4.06. The van der Waals surface area contributed by atoms with Crippen molar-refractivity contribution in [2.75, 3.05) is 25.6 Å². The van der Waals surface area contributed by atoms with Crippen LogP contribution in [0.5, 0.6) is 5.75 Å². The van der Waals surface area contributed by atoms with Crippen molar-refractivity contribution in [2.24, 2.45) is 0 Å². The maximum Gasteiger partial charge on any atom is 0.142 e. The molecular formula is C17H18ClNO2. The number of benzene rings is 2. The summed E-state index contributed by atoms with van der Waals surface area (Å²) < 4.78 is 11.2. The van der Waals surface area contributed by atoms with Crippen LogP contribution in [0.2, 0.25) is 5.02 Å². The Morgan fingerprint density at radius 3 is 3.00 bits per heavy atom. The van der Waals surface area contributed by atoms with Crippen molar-refractivity contribution in [2.45, 2.75) is 12.5 Å². The Hall–Kier alpha value is -1.71. The van der Waals surface area contributed by atoms with Crippen LogP contribution in [0.1, 0.15) is 17.2 Å². The molecule has 1 atom stereocenters. The van der Waals surface area contributed by atoms with E-state index < -0.39 is 0 Å². The first-order valence-corrected chi connectivity index (χ1v) is 7.42. The van der Waals surface area contributed by atoms with Gasteiger partial charge in [-0.1, -0.05) is 35.9 Å². The van der Waals surface area contributed by atoms with Gasteiger partial charge in [-0.2, -0.15) is 0 Å². The molecule has 0 bridgehead atoms. The molecule has 1 aliphatic rings. The third kappa shape index (κ3) is 3.14. The molecule has 110 valence electrons. The molecule has 1 unspecified atom stereocenters. The van der Waals surface area contributed by atoms with E-state index in [1.807, 2.05) is 18.2 Å². The van der Waals surface area contributed by atoms with Crippen molar-refractivity contribution < 1.29 is 9.47 Å². The van der Waals surface area contributed by atoms with Gasteiger partial charge in [0.15, 0.2) is 0 Å². The number of fused-ring (bicyclic) bond motifs is 1. The fraction of sp³-hybridized carbons (Fsp3) is 0.294. The fourth-order valence-electron chi connectivity index (χ4n) is 2.67. The first-order valence-electron chi connectivity index (χ1n) is 7.05. The van der Waals surface area contributed by atoms with Gasteiger partial charge in [0.05, 0.1) is 25.5 Å². The third-order valence-corrected chi connectivity index (χ3v) is 3.97. The fourth-order valence-corrected chi connectivity index (χ4v) is 2.84. The first kappa shape index (κ1) is 14.2. The van der Waals surface area contributed by atoms with Gasteiger partial charge in [-0.05, 0) is 35.7 Å². The highest BCUT2D eigenvalue weighted by Gasteiger charge is 2.20. The van der Waals surface area contributed by atoms with Crippen LogP contribution in [0.4, 0.5) is 5.69 Å². The van der Waals surface area contributed by atoms with E-state index in [0.29, 0.717) is 11.6 Å². The van der Waals surface area contributed by atoms with Crippen molar-refractivity contribution >= 4 is 17.3 Å². The number of ether oxygens (including phenoxy) is 2. The molecule has 4 heteroatoms. The Morgan fingerprint density at radius 2 is 2.14 bits per heavy atom. The van der Waals surface area contributed by atoms with Gasteiger partial charge in [0.1, 0.15) is 5.75 Å². The second kappa shape index (κ2) is 6.37. The molecule has 0 aliphatic carbocycles. The molecule has 0 radical (unpaired) electrons. The van der Waals surface area contributed by atoms with E-state index in [1.54, 1.807) is 7.11 Å². The van der Waals surface area contributed by atoms with Gasteiger partial charge >= 0.3 is 0 Å². The molecule has 0 fully saturated rings. The van der Waals surface area contributed by atoms with Gasteiger partial charge in [0, 0.05) is 11.6 Å². The molecule has 3 rings (SSSR count). The van der Waals surface area contributed by atoms with Crippen molar-refractivity contribution in [1.82, 2.24) is 0 Å². The van der Waals surface area contributed by atoms with Gasteiger partial charge in [0.2, 0.25) is 0 Å². The normalized spacial score (nSPS) is 17.1. The number of nitrogens with one attached hydrogen (secondary N) is 1. The quantitative estimate of drug-likeness (QED) is 0.923. The number of anilines is 1. The molecule has 2 aromatic carbocycles. The standard InChI is InChI=1S/C17H18ClNO2/c1-20-16-7-6-13(18)10-15(16)19-11-17-14-5-3-2-4-12(14)8-9-21-17/h2-7,10,17,19H,8-9,11H2,1H3. The minimum absolute atomic E-state index is 0.0543. The van der Waals surface area contributed by atoms with Crippen LogP contribution in [-0.2, 0) is 11.2 Å². The topological polar surface area (TPSA) is 30.5 Å². The summed E-state index contributed by atoms with van der Waals surface area (Å²) in [7, 11) is 1.65. The van der Waals surface area contributed by atoms with Crippen LogP contribution < -0.4 is 10.1 Å². The van der Waals surface area contributed by atoms with Crippen molar-refractivity contribution in [3.8, 4) is 5.75 Å². The first-order chi connectivity index (χ1) is 10.3. The van der Waals surface area contributed by atoms with Crippen molar-refractivity contribution in [1.29, 1.82) is 0 Å². The highest BCUT2D eigenvalue weighted by Crippen LogP contribution is 2.31. The minimum Gasteiger partial charge on any atom is -0.495 e. The number of methoxy groups -OCH3 is 1. The van der Waals surface area contributed by atoms with Crippen molar-refractivity contribution in [3.05, 3.63) is 58.6 Å². The number of halogens is 1. The zero-order valence-electron chi connectivity index (χ0n) is 11.9. The number of hydrogen-bond acceptors (Lipinski definition) is 3. The monoisotopic (exact) mass is 303 g/mol. The van der Waals surface area contributed by atoms with Gasteiger partial charge in [0.25, 0.3) is 0 Å². The summed E-state index contributed by atoms with van der Waals surface area (Å²) in [5.41, 5.74) is 3.52. The highest BCUT2D eigenvalue weighted by molar-refractivity contribution is 6.30. The number of rotatable bonds is 4. The summed E-state index contributed by atoms with van der Waals surface area (Å²) in [5.74, 6) is 0.781. The van der Waals surface area contributed by atoms with E-state index in [-0.39, 0.29) is 6.10 Å². The lowest BCUT2D eigenvalue weighted by Gasteiger charge is -2.26. The summed E-state index contributed by atoms with van der Waals surface area (Å²) in [6.07, 6.45) is 1.03. The van der Waals surface area contributed by atoms with E-state index in [2.05, 4.69) is 29.6 Å². The average Bonchev–Trinajstić information content (AvgIpc) is 2.53. The molecule has 3 nitrogen and oxygen atoms in total. The molecule has 2 aromatic rings. The van der Waals surface area contributed by atoms with Crippen LogP contribution in [-0.4, -0.2) is 20.3 Å². The second-order valence-corrected chi connectivity index (χ2v) is 5.47. The van der Waals surface area contributed by atoms with E-state index in [9.17, 15) is 0 Å². The molecule has 1 N–H and O–H groups in total. The molecule has 1 aliphatic heterocycles. The van der Waals surface area contributed by atoms with E-state index in [4.69, 9.17) is 21.1 Å². The smallest absolute Gasteiger partial charge is 0.142 e. The molecule has 1 heterocycles. The Balaban J connectivity index is 1.76. The van der Waals surface area contributed by atoms with Crippen LogP contribution in [0.25, 0.3) is 0 Å². The predicted octanol–water partition coefficient (Wildman–Crippen LogP) is 4.07. The van der Waals surface area contributed by atoms with Crippen LogP contribution in [0.15, 0.2) is 42.5 Å².